The molecule has 0 bridgehead atoms. The predicted octanol–water partition coefficient (Wildman–Crippen LogP) is 5.94. The number of carbonyl (C=O) groups is 1. The predicted molar refractivity (Wildman–Crippen MR) is 128 cm³/mol. The van der Waals surface area contributed by atoms with Gasteiger partial charge in [-0.3, -0.25) is 9.69 Å². The Hall–Kier alpha value is -2.59. The third kappa shape index (κ3) is 5.37. The summed E-state index contributed by atoms with van der Waals surface area (Å²) in [6.45, 7) is 3.01. The summed E-state index contributed by atoms with van der Waals surface area (Å²) in [6, 6.07) is 26.6. The van der Waals surface area contributed by atoms with Crippen LogP contribution in [0.2, 0.25) is 10.0 Å². The molecule has 0 unspecified atom stereocenters. The number of hydrogen-bond acceptors (Lipinski definition) is 2. The lowest BCUT2D eigenvalue weighted by Gasteiger charge is -2.39. The van der Waals surface area contributed by atoms with Crippen molar-refractivity contribution in [3.05, 3.63) is 112 Å². The molecule has 1 fully saturated rings. The summed E-state index contributed by atoms with van der Waals surface area (Å²) < 4.78 is 0. The molecule has 1 saturated heterocycles. The van der Waals surface area contributed by atoms with Gasteiger partial charge in [0.25, 0.3) is 0 Å². The molecule has 4 rings (SSSR count). The van der Waals surface area contributed by atoms with Gasteiger partial charge in [-0.1, -0.05) is 89.9 Å². The van der Waals surface area contributed by atoms with Gasteiger partial charge in [0, 0.05) is 42.3 Å². The van der Waals surface area contributed by atoms with E-state index in [1.807, 2.05) is 23.1 Å². The minimum atomic E-state index is 0.00152. The number of amides is 1. The first-order chi connectivity index (χ1) is 15.1. The fourth-order valence-corrected chi connectivity index (χ4v) is 4.46. The average Bonchev–Trinajstić information content (AvgIpc) is 2.80. The van der Waals surface area contributed by atoms with E-state index in [4.69, 9.17) is 23.2 Å². The SMILES string of the molecule is O=C(/C=C/c1ccc(Cl)cc1Cl)N1CCN(C(c2ccccc2)c2ccccc2)CC1. The topological polar surface area (TPSA) is 23.6 Å². The smallest absolute Gasteiger partial charge is 0.246 e. The maximum Gasteiger partial charge on any atom is 0.246 e. The summed E-state index contributed by atoms with van der Waals surface area (Å²) in [7, 11) is 0. The van der Waals surface area contributed by atoms with Crippen molar-refractivity contribution in [1.29, 1.82) is 0 Å². The van der Waals surface area contributed by atoms with Crippen molar-refractivity contribution in [3.8, 4) is 0 Å². The standard InChI is InChI=1S/C26H24Cl2N2O/c27-23-13-11-20(24(28)19-23)12-14-25(31)29-15-17-30(18-16-29)26(21-7-3-1-4-8-21)22-9-5-2-6-10-22/h1-14,19,26H,15-18H2/b14-12+. The van der Waals surface area contributed by atoms with Gasteiger partial charge >= 0.3 is 0 Å². The molecule has 3 aromatic carbocycles. The van der Waals surface area contributed by atoms with E-state index in [1.165, 1.54) is 11.1 Å². The lowest BCUT2D eigenvalue weighted by Crippen LogP contribution is -2.49. The third-order valence-electron chi connectivity index (χ3n) is 5.59. The summed E-state index contributed by atoms with van der Waals surface area (Å²) >= 11 is 12.1. The molecule has 0 spiro atoms. The normalized spacial score (nSPS) is 15.0. The largest absolute Gasteiger partial charge is 0.337 e. The maximum absolute atomic E-state index is 12.7. The van der Waals surface area contributed by atoms with E-state index in [1.54, 1.807) is 24.3 Å². The number of nitrogens with zero attached hydrogens (tertiary/aromatic N) is 2. The Kier molecular flexibility index (Phi) is 7.08. The van der Waals surface area contributed by atoms with Gasteiger partial charge in [-0.25, -0.2) is 0 Å². The van der Waals surface area contributed by atoms with Gasteiger partial charge in [0.15, 0.2) is 0 Å². The van der Waals surface area contributed by atoms with Crippen molar-refractivity contribution < 1.29 is 4.79 Å². The Morgan fingerprint density at radius 2 is 1.39 bits per heavy atom. The van der Waals surface area contributed by atoms with Gasteiger partial charge in [-0.05, 0) is 34.9 Å². The Morgan fingerprint density at radius 1 is 0.806 bits per heavy atom. The van der Waals surface area contributed by atoms with E-state index in [0.29, 0.717) is 23.1 Å². The average molecular weight is 451 g/mol. The maximum atomic E-state index is 12.7. The Labute approximate surface area is 193 Å². The van der Waals surface area contributed by atoms with Crippen LogP contribution >= 0.6 is 23.2 Å². The molecule has 3 nitrogen and oxygen atoms in total. The number of rotatable bonds is 5. The van der Waals surface area contributed by atoms with Crippen LogP contribution < -0.4 is 0 Å². The van der Waals surface area contributed by atoms with Gasteiger partial charge in [0.05, 0.1) is 6.04 Å². The van der Waals surface area contributed by atoms with E-state index in [0.717, 1.165) is 18.7 Å². The summed E-state index contributed by atoms with van der Waals surface area (Å²) in [5, 5.41) is 1.12. The highest BCUT2D eigenvalue weighted by molar-refractivity contribution is 6.35. The summed E-state index contributed by atoms with van der Waals surface area (Å²) in [4.78, 5) is 17.1. The molecule has 5 heteroatoms. The molecule has 0 saturated carbocycles. The van der Waals surface area contributed by atoms with Crippen LogP contribution in [0.5, 0.6) is 0 Å². The highest BCUT2D eigenvalue weighted by Crippen LogP contribution is 2.29. The molecule has 0 aromatic heterocycles. The Balaban J connectivity index is 1.44. The van der Waals surface area contributed by atoms with Gasteiger partial charge in [0.1, 0.15) is 0 Å². The monoisotopic (exact) mass is 450 g/mol. The van der Waals surface area contributed by atoms with Crippen LogP contribution in [0, 0.1) is 0 Å². The Bertz CT molecular complexity index is 1010. The van der Waals surface area contributed by atoms with Crippen LogP contribution in [0.4, 0.5) is 0 Å². The first kappa shape index (κ1) is 21.6. The second-order valence-corrected chi connectivity index (χ2v) is 8.43. The van der Waals surface area contributed by atoms with Crippen LogP contribution in [0.1, 0.15) is 22.7 Å². The fourth-order valence-electron chi connectivity index (χ4n) is 3.99. The van der Waals surface area contributed by atoms with Crippen LogP contribution in [-0.4, -0.2) is 41.9 Å². The fraction of sp³-hybridized carbons (Fsp3) is 0.192. The van der Waals surface area contributed by atoms with Gasteiger partial charge in [-0.15, -0.1) is 0 Å². The number of hydrogen-bond donors (Lipinski definition) is 0. The molecule has 0 radical (unpaired) electrons. The summed E-state index contributed by atoms with van der Waals surface area (Å²) in [5.74, 6) is 0.00152. The molecular formula is C26H24Cl2N2O. The highest BCUT2D eigenvalue weighted by Gasteiger charge is 2.27. The summed E-state index contributed by atoms with van der Waals surface area (Å²) in [6.07, 6.45) is 3.35. The van der Waals surface area contributed by atoms with Gasteiger partial charge in [0.2, 0.25) is 5.91 Å². The number of carbonyl (C=O) groups excluding carboxylic acids is 1. The van der Waals surface area contributed by atoms with Crippen molar-refractivity contribution in [2.45, 2.75) is 6.04 Å². The van der Waals surface area contributed by atoms with Crippen molar-refractivity contribution in [2.75, 3.05) is 26.2 Å². The molecule has 31 heavy (non-hydrogen) atoms. The zero-order valence-electron chi connectivity index (χ0n) is 17.1. The molecule has 1 aliphatic rings. The van der Waals surface area contributed by atoms with Gasteiger partial charge < -0.3 is 4.90 Å². The molecule has 0 N–H and O–H groups in total. The van der Waals surface area contributed by atoms with Crippen molar-refractivity contribution in [2.24, 2.45) is 0 Å². The second-order valence-electron chi connectivity index (χ2n) is 7.58. The molecule has 1 heterocycles. The minimum absolute atomic E-state index is 0.00152. The highest BCUT2D eigenvalue weighted by atomic mass is 35.5. The van der Waals surface area contributed by atoms with E-state index >= 15 is 0 Å². The lowest BCUT2D eigenvalue weighted by atomic mass is 9.96. The van der Waals surface area contributed by atoms with Crippen LogP contribution in [0.15, 0.2) is 84.9 Å². The van der Waals surface area contributed by atoms with Crippen molar-refractivity contribution >= 4 is 35.2 Å². The molecular weight excluding hydrogens is 427 g/mol. The number of halogens is 2. The minimum Gasteiger partial charge on any atom is -0.337 e. The van der Waals surface area contributed by atoms with Crippen molar-refractivity contribution in [3.63, 3.8) is 0 Å². The zero-order valence-corrected chi connectivity index (χ0v) is 18.6. The molecule has 158 valence electrons. The van der Waals surface area contributed by atoms with E-state index in [2.05, 4.69) is 53.4 Å². The Morgan fingerprint density at radius 3 is 1.94 bits per heavy atom. The summed E-state index contributed by atoms with van der Waals surface area (Å²) in [5.41, 5.74) is 3.32. The van der Waals surface area contributed by atoms with E-state index in [-0.39, 0.29) is 11.9 Å². The van der Waals surface area contributed by atoms with Crippen LogP contribution in [0.3, 0.4) is 0 Å². The zero-order chi connectivity index (χ0) is 21.6. The lowest BCUT2D eigenvalue weighted by molar-refractivity contribution is -0.127. The second kappa shape index (κ2) is 10.1. The van der Waals surface area contributed by atoms with Crippen LogP contribution in [-0.2, 0) is 4.79 Å². The van der Waals surface area contributed by atoms with E-state index < -0.39 is 0 Å². The van der Waals surface area contributed by atoms with Gasteiger partial charge in [-0.2, -0.15) is 0 Å². The molecule has 3 aromatic rings. The molecule has 0 atom stereocenters. The first-order valence-electron chi connectivity index (χ1n) is 10.4. The third-order valence-corrected chi connectivity index (χ3v) is 6.15. The number of benzene rings is 3. The van der Waals surface area contributed by atoms with Crippen molar-refractivity contribution in [1.82, 2.24) is 9.80 Å². The first-order valence-corrected chi connectivity index (χ1v) is 11.1. The number of piperazine rings is 1. The van der Waals surface area contributed by atoms with E-state index in [9.17, 15) is 4.79 Å². The quantitative estimate of drug-likeness (QED) is 0.449. The molecule has 1 amide bonds. The van der Waals surface area contributed by atoms with Crippen LogP contribution in [0.25, 0.3) is 6.08 Å². The molecule has 1 aliphatic heterocycles. The molecule has 0 aliphatic carbocycles.